The number of halogens is 2. The molecule has 0 aliphatic rings. The standard InChI is InChI=1S/C17H18Br2O/c1-11-9-16(20-3)14(10-15(11)18)17(19)12(2)13-7-5-4-6-8-13/h4-10,12,17H,1-3H3. The van der Waals surface area contributed by atoms with Crippen molar-refractivity contribution in [2.24, 2.45) is 0 Å². The molecule has 0 aliphatic heterocycles. The lowest BCUT2D eigenvalue weighted by atomic mass is 9.93. The van der Waals surface area contributed by atoms with Gasteiger partial charge in [0.2, 0.25) is 0 Å². The molecule has 1 nitrogen and oxygen atoms in total. The molecule has 2 rings (SSSR count). The molecule has 0 radical (unpaired) electrons. The summed E-state index contributed by atoms with van der Waals surface area (Å²) < 4.78 is 6.65. The second-order valence-corrected chi connectivity index (χ2v) is 6.79. The zero-order valence-corrected chi connectivity index (χ0v) is 15.0. The number of hydrogen-bond acceptors (Lipinski definition) is 1. The number of rotatable bonds is 4. The number of methoxy groups -OCH3 is 1. The molecular formula is C17H18Br2O. The van der Waals surface area contributed by atoms with Crippen molar-refractivity contribution in [2.45, 2.75) is 24.6 Å². The van der Waals surface area contributed by atoms with Crippen molar-refractivity contribution in [3.05, 3.63) is 63.6 Å². The lowest BCUT2D eigenvalue weighted by molar-refractivity contribution is 0.408. The van der Waals surface area contributed by atoms with Crippen LogP contribution in [0.5, 0.6) is 5.75 Å². The summed E-state index contributed by atoms with van der Waals surface area (Å²) in [7, 11) is 1.72. The van der Waals surface area contributed by atoms with Crippen LogP contribution in [0.15, 0.2) is 46.9 Å². The Morgan fingerprint density at radius 3 is 2.35 bits per heavy atom. The second kappa shape index (κ2) is 6.77. The molecule has 0 amide bonds. The minimum atomic E-state index is 0.205. The van der Waals surface area contributed by atoms with Crippen LogP contribution in [-0.2, 0) is 0 Å². The van der Waals surface area contributed by atoms with Crippen molar-refractivity contribution in [3.8, 4) is 5.75 Å². The Morgan fingerprint density at radius 2 is 1.75 bits per heavy atom. The van der Waals surface area contributed by atoms with Crippen LogP contribution in [0, 0.1) is 6.92 Å². The third-order valence-electron chi connectivity index (χ3n) is 3.57. The summed E-state index contributed by atoms with van der Waals surface area (Å²) in [5, 5.41) is 0. The van der Waals surface area contributed by atoms with E-state index in [-0.39, 0.29) is 4.83 Å². The maximum atomic E-state index is 5.54. The average Bonchev–Trinajstić information content (AvgIpc) is 2.49. The first kappa shape index (κ1) is 15.6. The molecule has 2 unspecified atom stereocenters. The fourth-order valence-electron chi connectivity index (χ4n) is 2.26. The van der Waals surface area contributed by atoms with Gasteiger partial charge in [-0.15, -0.1) is 0 Å². The molecule has 0 heterocycles. The zero-order chi connectivity index (χ0) is 14.7. The molecule has 0 fully saturated rings. The van der Waals surface area contributed by atoms with Crippen molar-refractivity contribution in [2.75, 3.05) is 7.11 Å². The Hall–Kier alpha value is -0.800. The average molecular weight is 398 g/mol. The lowest BCUT2D eigenvalue weighted by Gasteiger charge is -2.22. The van der Waals surface area contributed by atoms with Gasteiger partial charge in [-0.05, 0) is 36.1 Å². The van der Waals surface area contributed by atoms with Crippen molar-refractivity contribution in [1.82, 2.24) is 0 Å². The molecule has 2 aromatic rings. The van der Waals surface area contributed by atoms with Gasteiger partial charge in [0, 0.05) is 14.9 Å². The number of aryl methyl sites for hydroxylation is 1. The van der Waals surface area contributed by atoms with Crippen molar-refractivity contribution >= 4 is 31.9 Å². The minimum absolute atomic E-state index is 0.205. The Balaban J connectivity index is 2.38. The van der Waals surface area contributed by atoms with Gasteiger partial charge >= 0.3 is 0 Å². The maximum Gasteiger partial charge on any atom is 0.123 e. The van der Waals surface area contributed by atoms with E-state index in [9.17, 15) is 0 Å². The first-order valence-electron chi connectivity index (χ1n) is 6.57. The summed E-state index contributed by atoms with van der Waals surface area (Å²) in [6.07, 6.45) is 0. The van der Waals surface area contributed by atoms with Crippen LogP contribution < -0.4 is 4.74 Å². The van der Waals surface area contributed by atoms with E-state index in [1.165, 1.54) is 16.7 Å². The van der Waals surface area contributed by atoms with Crippen LogP contribution in [0.4, 0.5) is 0 Å². The molecule has 106 valence electrons. The van der Waals surface area contributed by atoms with Gasteiger partial charge in [0.15, 0.2) is 0 Å². The molecular weight excluding hydrogens is 380 g/mol. The molecule has 0 N–H and O–H groups in total. The summed E-state index contributed by atoms with van der Waals surface area (Å²) in [5.74, 6) is 1.29. The van der Waals surface area contributed by atoms with E-state index in [0.717, 1.165) is 10.2 Å². The molecule has 0 saturated carbocycles. The fraction of sp³-hybridized carbons (Fsp3) is 0.294. The molecule has 2 aromatic carbocycles. The predicted molar refractivity (Wildman–Crippen MR) is 92.0 cm³/mol. The molecule has 3 heteroatoms. The largest absolute Gasteiger partial charge is 0.496 e. The van der Waals surface area contributed by atoms with Gasteiger partial charge in [-0.1, -0.05) is 69.1 Å². The number of alkyl halides is 1. The Kier molecular flexibility index (Phi) is 5.28. The predicted octanol–water partition coefficient (Wildman–Crippen LogP) is 6.01. The van der Waals surface area contributed by atoms with Crippen LogP contribution in [0.2, 0.25) is 0 Å². The van der Waals surface area contributed by atoms with Crippen LogP contribution in [-0.4, -0.2) is 7.11 Å². The third kappa shape index (κ3) is 3.26. The highest BCUT2D eigenvalue weighted by Crippen LogP contribution is 2.43. The number of ether oxygens (including phenoxy) is 1. The van der Waals surface area contributed by atoms with Gasteiger partial charge in [0.1, 0.15) is 5.75 Å². The zero-order valence-electron chi connectivity index (χ0n) is 11.9. The van der Waals surface area contributed by atoms with E-state index in [0.29, 0.717) is 5.92 Å². The summed E-state index contributed by atoms with van der Waals surface area (Å²) in [5.41, 5.74) is 3.66. The number of benzene rings is 2. The smallest absolute Gasteiger partial charge is 0.123 e. The van der Waals surface area contributed by atoms with Crippen LogP contribution in [0.3, 0.4) is 0 Å². The van der Waals surface area contributed by atoms with Gasteiger partial charge < -0.3 is 4.74 Å². The first-order valence-corrected chi connectivity index (χ1v) is 8.28. The highest BCUT2D eigenvalue weighted by atomic mass is 79.9. The minimum Gasteiger partial charge on any atom is -0.496 e. The SMILES string of the molecule is COc1cc(C)c(Br)cc1C(Br)C(C)c1ccccc1. The topological polar surface area (TPSA) is 9.23 Å². The Bertz CT molecular complexity index is 581. The van der Waals surface area contributed by atoms with Gasteiger partial charge in [-0.3, -0.25) is 0 Å². The van der Waals surface area contributed by atoms with Gasteiger partial charge in [0.05, 0.1) is 7.11 Å². The van der Waals surface area contributed by atoms with Crippen molar-refractivity contribution < 1.29 is 4.74 Å². The Morgan fingerprint density at radius 1 is 1.10 bits per heavy atom. The van der Waals surface area contributed by atoms with Gasteiger partial charge in [-0.25, -0.2) is 0 Å². The van der Waals surface area contributed by atoms with E-state index in [2.05, 4.69) is 82.1 Å². The Labute approximate surface area is 137 Å². The van der Waals surface area contributed by atoms with Crippen molar-refractivity contribution in [1.29, 1.82) is 0 Å². The van der Waals surface area contributed by atoms with Gasteiger partial charge in [-0.2, -0.15) is 0 Å². The van der Waals surface area contributed by atoms with E-state index in [1.54, 1.807) is 7.11 Å². The molecule has 0 aliphatic carbocycles. The van der Waals surface area contributed by atoms with E-state index in [4.69, 9.17) is 4.74 Å². The lowest BCUT2D eigenvalue weighted by Crippen LogP contribution is -2.04. The van der Waals surface area contributed by atoms with Gasteiger partial charge in [0.25, 0.3) is 0 Å². The molecule has 2 atom stereocenters. The van der Waals surface area contributed by atoms with Crippen LogP contribution in [0.25, 0.3) is 0 Å². The van der Waals surface area contributed by atoms with E-state index >= 15 is 0 Å². The normalized spacial score (nSPS) is 13.8. The monoisotopic (exact) mass is 396 g/mol. The molecule has 0 aromatic heterocycles. The van der Waals surface area contributed by atoms with Crippen LogP contribution >= 0.6 is 31.9 Å². The molecule has 0 saturated heterocycles. The third-order valence-corrected chi connectivity index (χ3v) is 5.71. The van der Waals surface area contributed by atoms with Crippen LogP contribution in [0.1, 0.15) is 34.4 Å². The maximum absolute atomic E-state index is 5.54. The second-order valence-electron chi connectivity index (χ2n) is 4.94. The quantitative estimate of drug-likeness (QED) is 0.574. The highest BCUT2D eigenvalue weighted by Gasteiger charge is 2.22. The highest BCUT2D eigenvalue weighted by molar-refractivity contribution is 9.10. The summed E-state index contributed by atoms with van der Waals surface area (Å²) in [4.78, 5) is 0.205. The van der Waals surface area contributed by atoms with E-state index < -0.39 is 0 Å². The molecule has 0 spiro atoms. The van der Waals surface area contributed by atoms with Crippen molar-refractivity contribution in [3.63, 3.8) is 0 Å². The summed E-state index contributed by atoms with van der Waals surface area (Å²) in [6, 6.07) is 14.7. The summed E-state index contributed by atoms with van der Waals surface area (Å²) in [6.45, 7) is 4.29. The van der Waals surface area contributed by atoms with E-state index in [1.807, 2.05) is 6.07 Å². The summed E-state index contributed by atoms with van der Waals surface area (Å²) >= 11 is 7.44. The fourth-order valence-corrected chi connectivity index (χ4v) is 3.28. The molecule has 0 bridgehead atoms. The molecule has 20 heavy (non-hydrogen) atoms. The first-order chi connectivity index (χ1) is 9.54. The number of hydrogen-bond donors (Lipinski definition) is 0.